The van der Waals surface area contributed by atoms with Crippen molar-refractivity contribution < 1.29 is 14.6 Å². The smallest absolute Gasteiger partial charge is 0.338 e. The Hall–Kier alpha value is -0.570. The van der Waals surface area contributed by atoms with Gasteiger partial charge in [0.25, 0.3) is 0 Å². The van der Waals surface area contributed by atoms with E-state index in [1.54, 1.807) is 0 Å². The van der Waals surface area contributed by atoms with Crippen LogP contribution in [0.15, 0.2) is 0 Å². The topological polar surface area (TPSA) is 46.5 Å². The first-order valence-corrected chi connectivity index (χ1v) is 5.75. The zero-order chi connectivity index (χ0) is 12.1. The van der Waals surface area contributed by atoms with Gasteiger partial charge in [0.15, 0.2) is 5.60 Å². The number of rotatable bonds is 6. The van der Waals surface area contributed by atoms with E-state index in [9.17, 15) is 9.90 Å². The largest absolute Gasteiger partial charge is 0.467 e. The molecule has 0 bridgehead atoms. The minimum absolute atomic E-state index is 0.0186. The van der Waals surface area contributed by atoms with Crippen LogP contribution in [0, 0.1) is 11.8 Å². The van der Waals surface area contributed by atoms with Crippen LogP contribution in [0.4, 0.5) is 0 Å². The van der Waals surface area contributed by atoms with Crippen molar-refractivity contribution in [1.82, 2.24) is 0 Å². The van der Waals surface area contributed by atoms with Crippen molar-refractivity contribution in [3.63, 3.8) is 0 Å². The van der Waals surface area contributed by atoms with Crippen molar-refractivity contribution >= 4 is 5.97 Å². The summed E-state index contributed by atoms with van der Waals surface area (Å²) in [5.41, 5.74) is -1.33. The average Bonchev–Trinajstić information content (AvgIpc) is 2.23. The Kier molecular flexibility index (Phi) is 5.88. The van der Waals surface area contributed by atoms with Crippen molar-refractivity contribution in [2.75, 3.05) is 7.11 Å². The van der Waals surface area contributed by atoms with Crippen molar-refractivity contribution in [2.24, 2.45) is 11.8 Å². The van der Waals surface area contributed by atoms with Gasteiger partial charge in [0.2, 0.25) is 0 Å². The van der Waals surface area contributed by atoms with Gasteiger partial charge < -0.3 is 9.84 Å². The summed E-state index contributed by atoms with van der Waals surface area (Å²) in [5, 5.41) is 10.5. The van der Waals surface area contributed by atoms with E-state index in [2.05, 4.69) is 6.92 Å². The number of methoxy groups -OCH3 is 1. The summed E-state index contributed by atoms with van der Waals surface area (Å²) in [6, 6.07) is 0. The van der Waals surface area contributed by atoms with E-state index in [-0.39, 0.29) is 11.8 Å². The van der Waals surface area contributed by atoms with Crippen molar-refractivity contribution in [3.05, 3.63) is 0 Å². The molecule has 0 heterocycles. The van der Waals surface area contributed by atoms with Gasteiger partial charge in [-0.05, 0) is 24.7 Å². The maximum Gasteiger partial charge on any atom is 0.338 e. The van der Waals surface area contributed by atoms with Crippen LogP contribution in [0.1, 0.15) is 47.0 Å². The van der Waals surface area contributed by atoms with Gasteiger partial charge in [0.05, 0.1) is 7.11 Å². The highest BCUT2D eigenvalue weighted by molar-refractivity contribution is 5.79. The van der Waals surface area contributed by atoms with Crippen molar-refractivity contribution in [2.45, 2.75) is 52.6 Å². The Bertz CT molecular complexity index is 201. The van der Waals surface area contributed by atoms with E-state index in [1.165, 1.54) is 7.11 Å². The van der Waals surface area contributed by atoms with Gasteiger partial charge in [-0.3, -0.25) is 0 Å². The Morgan fingerprint density at radius 3 is 2.20 bits per heavy atom. The molecule has 0 saturated carbocycles. The van der Waals surface area contributed by atoms with Crippen molar-refractivity contribution in [1.29, 1.82) is 0 Å². The molecular weight excluding hydrogens is 192 g/mol. The number of aliphatic hydroxyl groups is 1. The number of ether oxygens (including phenoxy) is 1. The molecule has 15 heavy (non-hydrogen) atoms. The predicted molar refractivity (Wildman–Crippen MR) is 60.5 cm³/mol. The van der Waals surface area contributed by atoms with Gasteiger partial charge in [0, 0.05) is 0 Å². The van der Waals surface area contributed by atoms with Crippen LogP contribution in [-0.4, -0.2) is 23.8 Å². The highest BCUT2D eigenvalue weighted by atomic mass is 16.5. The minimum atomic E-state index is -1.33. The molecule has 0 aliphatic heterocycles. The van der Waals surface area contributed by atoms with Gasteiger partial charge in [-0.2, -0.15) is 0 Å². The lowest BCUT2D eigenvalue weighted by molar-refractivity contribution is -0.176. The molecule has 3 heteroatoms. The zero-order valence-electron chi connectivity index (χ0n) is 10.5. The standard InChI is InChI=1S/C12H24O3/c1-6-8-10(7-2)12(14,9(3)4)11(13)15-5/h9-10,14H,6-8H2,1-5H3. The number of carbonyl (C=O) groups is 1. The highest BCUT2D eigenvalue weighted by Gasteiger charge is 2.46. The molecule has 2 atom stereocenters. The molecule has 0 aliphatic carbocycles. The van der Waals surface area contributed by atoms with Gasteiger partial charge in [0.1, 0.15) is 0 Å². The van der Waals surface area contributed by atoms with Gasteiger partial charge >= 0.3 is 5.97 Å². The van der Waals surface area contributed by atoms with Crippen LogP contribution in [-0.2, 0) is 9.53 Å². The zero-order valence-corrected chi connectivity index (χ0v) is 10.5. The van der Waals surface area contributed by atoms with Crippen LogP contribution in [0.25, 0.3) is 0 Å². The second-order valence-electron chi connectivity index (χ2n) is 4.37. The fraction of sp³-hybridized carbons (Fsp3) is 0.917. The Labute approximate surface area is 92.8 Å². The lowest BCUT2D eigenvalue weighted by Gasteiger charge is -2.36. The molecule has 0 aromatic rings. The van der Waals surface area contributed by atoms with Crippen LogP contribution in [0.3, 0.4) is 0 Å². The van der Waals surface area contributed by atoms with Crippen molar-refractivity contribution in [3.8, 4) is 0 Å². The molecular formula is C12H24O3. The summed E-state index contributed by atoms with van der Waals surface area (Å²) < 4.78 is 4.72. The maximum absolute atomic E-state index is 11.7. The molecule has 3 nitrogen and oxygen atoms in total. The van der Waals surface area contributed by atoms with Crippen LogP contribution in [0.5, 0.6) is 0 Å². The third kappa shape index (κ3) is 2.94. The molecule has 1 N–H and O–H groups in total. The minimum Gasteiger partial charge on any atom is -0.467 e. The lowest BCUT2D eigenvalue weighted by atomic mass is 9.75. The monoisotopic (exact) mass is 216 g/mol. The molecule has 0 rings (SSSR count). The number of esters is 1. The van der Waals surface area contributed by atoms with E-state index in [4.69, 9.17) is 4.74 Å². The fourth-order valence-electron chi connectivity index (χ4n) is 2.12. The molecule has 0 aliphatic rings. The molecule has 0 aromatic heterocycles. The van der Waals surface area contributed by atoms with Gasteiger partial charge in [-0.1, -0.05) is 34.1 Å². The second kappa shape index (κ2) is 6.11. The van der Waals surface area contributed by atoms with Gasteiger partial charge in [-0.25, -0.2) is 4.79 Å². The average molecular weight is 216 g/mol. The molecule has 2 unspecified atom stereocenters. The number of carbonyl (C=O) groups excluding carboxylic acids is 1. The predicted octanol–water partition coefficient (Wildman–Crippen LogP) is 2.37. The first-order valence-electron chi connectivity index (χ1n) is 5.75. The second-order valence-corrected chi connectivity index (χ2v) is 4.37. The van der Waals surface area contributed by atoms with Crippen LogP contribution >= 0.6 is 0 Å². The molecule has 0 saturated heterocycles. The summed E-state index contributed by atoms with van der Waals surface area (Å²) >= 11 is 0. The lowest BCUT2D eigenvalue weighted by Crippen LogP contribution is -2.50. The van der Waals surface area contributed by atoms with E-state index in [0.29, 0.717) is 0 Å². The highest BCUT2D eigenvalue weighted by Crippen LogP contribution is 2.33. The third-order valence-corrected chi connectivity index (χ3v) is 3.14. The molecule has 0 fully saturated rings. The van der Waals surface area contributed by atoms with E-state index >= 15 is 0 Å². The molecule has 0 radical (unpaired) electrons. The van der Waals surface area contributed by atoms with E-state index < -0.39 is 11.6 Å². The summed E-state index contributed by atoms with van der Waals surface area (Å²) in [6.07, 6.45) is 2.60. The fourth-order valence-corrected chi connectivity index (χ4v) is 2.12. The summed E-state index contributed by atoms with van der Waals surface area (Å²) in [7, 11) is 1.33. The van der Waals surface area contributed by atoms with Crippen LogP contribution < -0.4 is 0 Å². The van der Waals surface area contributed by atoms with E-state index in [1.807, 2.05) is 20.8 Å². The third-order valence-electron chi connectivity index (χ3n) is 3.14. The summed E-state index contributed by atoms with van der Waals surface area (Å²) in [4.78, 5) is 11.7. The first kappa shape index (κ1) is 14.4. The van der Waals surface area contributed by atoms with Gasteiger partial charge in [-0.15, -0.1) is 0 Å². The maximum atomic E-state index is 11.7. The Morgan fingerprint density at radius 2 is 1.93 bits per heavy atom. The number of hydrogen-bond acceptors (Lipinski definition) is 3. The molecule has 0 amide bonds. The summed E-state index contributed by atoms with van der Waals surface area (Å²) in [6.45, 7) is 7.77. The SMILES string of the molecule is CCCC(CC)C(O)(C(=O)OC)C(C)C. The number of hydrogen-bond donors (Lipinski definition) is 1. The normalized spacial score (nSPS) is 17.3. The summed E-state index contributed by atoms with van der Waals surface area (Å²) in [5.74, 6) is -0.644. The quantitative estimate of drug-likeness (QED) is 0.693. The Balaban J connectivity index is 4.97. The Morgan fingerprint density at radius 1 is 1.40 bits per heavy atom. The molecule has 0 aromatic carbocycles. The first-order chi connectivity index (χ1) is 6.94. The molecule has 90 valence electrons. The van der Waals surface area contributed by atoms with Crippen LogP contribution in [0.2, 0.25) is 0 Å². The van der Waals surface area contributed by atoms with E-state index in [0.717, 1.165) is 19.3 Å². The molecule has 0 spiro atoms.